The van der Waals surface area contributed by atoms with Crippen molar-refractivity contribution in [2.24, 2.45) is 5.92 Å². The summed E-state index contributed by atoms with van der Waals surface area (Å²) in [5, 5.41) is 0. The van der Waals surface area contributed by atoms with Crippen molar-refractivity contribution in [2.45, 2.75) is 71.0 Å². The number of ether oxygens (including phenoxy) is 1. The van der Waals surface area contributed by atoms with Gasteiger partial charge in [-0.25, -0.2) is 0 Å². The van der Waals surface area contributed by atoms with E-state index < -0.39 is 0 Å². The van der Waals surface area contributed by atoms with Gasteiger partial charge in [-0.2, -0.15) is 0 Å². The third kappa shape index (κ3) is 4.35. The molecule has 1 aliphatic heterocycles. The van der Waals surface area contributed by atoms with Gasteiger partial charge in [0.25, 0.3) is 0 Å². The first-order valence-corrected chi connectivity index (χ1v) is 8.02. The number of aryl methyl sites for hydroxylation is 1. The molecule has 1 aromatic carbocycles. The van der Waals surface area contributed by atoms with Gasteiger partial charge in [0, 0.05) is 0 Å². The molecule has 0 spiro atoms. The molecule has 0 bridgehead atoms. The van der Waals surface area contributed by atoms with Crippen LogP contribution in [-0.2, 0) is 11.2 Å². The number of hydrogen-bond donors (Lipinski definition) is 0. The molecular weight excluding hydrogens is 232 g/mol. The van der Waals surface area contributed by atoms with Gasteiger partial charge in [0.15, 0.2) is 0 Å². The van der Waals surface area contributed by atoms with E-state index in [1.165, 1.54) is 44.1 Å². The summed E-state index contributed by atoms with van der Waals surface area (Å²) in [5.41, 5.74) is 1.44. The summed E-state index contributed by atoms with van der Waals surface area (Å²) in [6.45, 7) is 4.59. The van der Waals surface area contributed by atoms with Crippen LogP contribution in [0.25, 0.3) is 0 Å². The van der Waals surface area contributed by atoms with E-state index >= 15 is 0 Å². The molecule has 19 heavy (non-hydrogen) atoms. The molecule has 0 saturated carbocycles. The number of benzene rings is 1. The summed E-state index contributed by atoms with van der Waals surface area (Å²) < 4.78 is 6.35. The second kappa shape index (κ2) is 7.69. The zero-order valence-corrected chi connectivity index (χ0v) is 12.5. The SMILES string of the molecule is CCC(CC)[C@H]1CCC[C@@H](CCc2ccccc2)O1. The first kappa shape index (κ1) is 14.6. The van der Waals surface area contributed by atoms with Crippen molar-refractivity contribution in [2.75, 3.05) is 0 Å². The molecule has 1 heterocycles. The normalized spacial score (nSPS) is 23.7. The van der Waals surface area contributed by atoms with Crippen molar-refractivity contribution >= 4 is 0 Å². The molecule has 0 amide bonds. The van der Waals surface area contributed by atoms with E-state index in [0.29, 0.717) is 12.2 Å². The van der Waals surface area contributed by atoms with Crippen LogP contribution in [0.15, 0.2) is 30.3 Å². The van der Waals surface area contributed by atoms with Crippen LogP contribution in [0.5, 0.6) is 0 Å². The lowest BCUT2D eigenvalue weighted by Crippen LogP contribution is -2.33. The molecule has 1 heteroatoms. The Kier molecular flexibility index (Phi) is 5.91. The van der Waals surface area contributed by atoms with Gasteiger partial charge < -0.3 is 4.74 Å². The van der Waals surface area contributed by atoms with E-state index in [1.54, 1.807) is 0 Å². The molecule has 2 atom stereocenters. The van der Waals surface area contributed by atoms with E-state index in [0.717, 1.165) is 12.3 Å². The molecule has 1 fully saturated rings. The fraction of sp³-hybridized carbons (Fsp3) is 0.667. The van der Waals surface area contributed by atoms with Crippen molar-refractivity contribution in [1.29, 1.82) is 0 Å². The second-order valence-corrected chi connectivity index (χ2v) is 5.83. The predicted octanol–water partition coefficient (Wildman–Crippen LogP) is 4.99. The van der Waals surface area contributed by atoms with Crippen LogP contribution in [0.2, 0.25) is 0 Å². The Morgan fingerprint density at radius 3 is 2.53 bits per heavy atom. The van der Waals surface area contributed by atoms with Gasteiger partial charge in [-0.05, 0) is 43.6 Å². The maximum absolute atomic E-state index is 6.35. The van der Waals surface area contributed by atoms with E-state index in [9.17, 15) is 0 Å². The summed E-state index contributed by atoms with van der Waals surface area (Å²) in [6, 6.07) is 10.8. The van der Waals surface area contributed by atoms with Crippen LogP contribution in [0.4, 0.5) is 0 Å². The molecule has 2 rings (SSSR count). The van der Waals surface area contributed by atoms with Crippen molar-refractivity contribution in [3.63, 3.8) is 0 Å². The van der Waals surface area contributed by atoms with Gasteiger partial charge in [0.1, 0.15) is 0 Å². The fourth-order valence-electron chi connectivity index (χ4n) is 3.28. The third-order valence-electron chi connectivity index (χ3n) is 4.55. The minimum absolute atomic E-state index is 0.486. The lowest BCUT2D eigenvalue weighted by atomic mass is 9.89. The van der Waals surface area contributed by atoms with Gasteiger partial charge in [-0.3, -0.25) is 0 Å². The van der Waals surface area contributed by atoms with Crippen LogP contribution in [-0.4, -0.2) is 12.2 Å². The van der Waals surface area contributed by atoms with Gasteiger partial charge >= 0.3 is 0 Å². The number of hydrogen-bond acceptors (Lipinski definition) is 1. The van der Waals surface area contributed by atoms with Gasteiger partial charge in [0.2, 0.25) is 0 Å². The quantitative estimate of drug-likeness (QED) is 0.700. The van der Waals surface area contributed by atoms with Crippen LogP contribution in [0, 0.1) is 5.92 Å². The largest absolute Gasteiger partial charge is 0.375 e. The Balaban J connectivity index is 1.81. The summed E-state index contributed by atoms with van der Waals surface area (Å²) in [7, 11) is 0. The second-order valence-electron chi connectivity index (χ2n) is 5.83. The summed E-state index contributed by atoms with van der Waals surface area (Å²) >= 11 is 0. The number of rotatable bonds is 6. The first-order chi connectivity index (χ1) is 9.33. The Labute approximate surface area is 118 Å². The molecule has 1 nitrogen and oxygen atoms in total. The fourth-order valence-corrected chi connectivity index (χ4v) is 3.28. The highest BCUT2D eigenvalue weighted by Crippen LogP contribution is 2.29. The van der Waals surface area contributed by atoms with E-state index in [1.807, 2.05) is 0 Å². The van der Waals surface area contributed by atoms with Crippen molar-refractivity contribution < 1.29 is 4.74 Å². The van der Waals surface area contributed by atoms with Crippen molar-refractivity contribution in [3.8, 4) is 0 Å². The van der Waals surface area contributed by atoms with Gasteiger partial charge in [-0.1, -0.05) is 57.0 Å². The smallest absolute Gasteiger partial charge is 0.0606 e. The summed E-state index contributed by atoms with van der Waals surface area (Å²) in [4.78, 5) is 0. The lowest BCUT2D eigenvalue weighted by molar-refractivity contribution is -0.0812. The lowest BCUT2D eigenvalue weighted by Gasteiger charge is -2.34. The molecule has 0 N–H and O–H groups in total. The zero-order valence-electron chi connectivity index (χ0n) is 12.5. The Hall–Kier alpha value is -0.820. The first-order valence-electron chi connectivity index (χ1n) is 8.02. The summed E-state index contributed by atoms with van der Waals surface area (Å²) in [6.07, 6.45) is 9.73. The van der Waals surface area contributed by atoms with Crippen molar-refractivity contribution in [1.82, 2.24) is 0 Å². The molecular formula is C18H28O. The average molecular weight is 260 g/mol. The van der Waals surface area contributed by atoms with E-state index in [-0.39, 0.29) is 0 Å². The zero-order chi connectivity index (χ0) is 13.5. The van der Waals surface area contributed by atoms with Crippen LogP contribution >= 0.6 is 0 Å². The molecule has 0 radical (unpaired) electrons. The van der Waals surface area contributed by atoms with Crippen LogP contribution in [0.3, 0.4) is 0 Å². The van der Waals surface area contributed by atoms with E-state index in [4.69, 9.17) is 4.74 Å². The van der Waals surface area contributed by atoms with Gasteiger partial charge in [0.05, 0.1) is 12.2 Å². The third-order valence-corrected chi connectivity index (χ3v) is 4.55. The van der Waals surface area contributed by atoms with Crippen molar-refractivity contribution in [3.05, 3.63) is 35.9 Å². The molecule has 0 unspecified atom stereocenters. The minimum Gasteiger partial charge on any atom is -0.375 e. The molecule has 106 valence electrons. The van der Waals surface area contributed by atoms with Crippen LogP contribution < -0.4 is 0 Å². The maximum Gasteiger partial charge on any atom is 0.0606 e. The maximum atomic E-state index is 6.35. The molecule has 1 saturated heterocycles. The Morgan fingerprint density at radius 1 is 1.11 bits per heavy atom. The molecule has 1 aromatic rings. The van der Waals surface area contributed by atoms with Crippen LogP contribution in [0.1, 0.15) is 57.9 Å². The summed E-state index contributed by atoms with van der Waals surface area (Å²) in [5.74, 6) is 0.763. The highest BCUT2D eigenvalue weighted by atomic mass is 16.5. The molecule has 1 aliphatic rings. The van der Waals surface area contributed by atoms with E-state index in [2.05, 4.69) is 44.2 Å². The Bertz CT molecular complexity index is 342. The minimum atomic E-state index is 0.486. The standard InChI is InChI=1S/C18H28O/c1-3-16(4-2)18-12-8-11-17(19-18)14-13-15-9-6-5-7-10-15/h5-7,9-10,16-18H,3-4,8,11-14H2,1-2H3/t17-,18+/m0/s1. The Morgan fingerprint density at radius 2 is 1.84 bits per heavy atom. The highest BCUT2D eigenvalue weighted by Gasteiger charge is 2.26. The molecule has 0 aliphatic carbocycles. The topological polar surface area (TPSA) is 9.23 Å². The predicted molar refractivity (Wildman–Crippen MR) is 81.3 cm³/mol. The monoisotopic (exact) mass is 260 g/mol. The highest BCUT2D eigenvalue weighted by molar-refractivity contribution is 5.14. The van der Waals surface area contributed by atoms with Gasteiger partial charge in [-0.15, -0.1) is 0 Å². The molecule has 0 aromatic heterocycles. The average Bonchev–Trinajstić information content (AvgIpc) is 2.48.